The fraction of sp³-hybridized carbons (Fsp3) is 0.300. The van der Waals surface area contributed by atoms with Crippen molar-refractivity contribution in [3.8, 4) is 5.69 Å². The van der Waals surface area contributed by atoms with Gasteiger partial charge in [0.1, 0.15) is 6.33 Å². The smallest absolute Gasteiger partial charge is 0.255 e. The quantitative estimate of drug-likeness (QED) is 0.639. The van der Waals surface area contributed by atoms with Crippen molar-refractivity contribution in [2.45, 2.75) is 31.0 Å². The predicted octanol–water partition coefficient (Wildman–Crippen LogP) is 1.71. The van der Waals surface area contributed by atoms with Gasteiger partial charge in [0.15, 0.2) is 0 Å². The lowest BCUT2D eigenvalue weighted by molar-refractivity contribution is -0.0440. The molecule has 1 amide bonds. The lowest BCUT2D eigenvalue weighted by atomic mass is 10.2. The number of aromatic nitrogens is 4. The normalized spacial score (nSPS) is 19.8. The number of nitrogens with one attached hydrogen (secondary N) is 1. The van der Waals surface area contributed by atoms with Crippen molar-refractivity contribution in [2.75, 3.05) is 18.4 Å². The standard InChI is InChI=1S/C20H22N6O4S/c1-14-11-25(12-15(2)30-14)31(28,29)19-8-6-16(7-9-19)20(27)22-17-4-3-5-18(10-17)26-13-21-23-24-26/h3-10,13-15H,11-12H2,1-2H3,(H,22,27)/t14-,15+. The topological polar surface area (TPSA) is 119 Å². The van der Waals surface area contributed by atoms with Crippen molar-refractivity contribution in [1.82, 2.24) is 24.5 Å². The van der Waals surface area contributed by atoms with Gasteiger partial charge in [0, 0.05) is 24.3 Å². The molecule has 1 saturated heterocycles. The van der Waals surface area contributed by atoms with Gasteiger partial charge in [-0.25, -0.2) is 13.1 Å². The molecule has 162 valence electrons. The molecular formula is C20H22N6O4S. The monoisotopic (exact) mass is 442 g/mol. The molecule has 1 aromatic heterocycles. The van der Waals surface area contributed by atoms with E-state index in [1.54, 1.807) is 24.3 Å². The van der Waals surface area contributed by atoms with E-state index in [0.717, 1.165) is 0 Å². The first-order valence-corrected chi connectivity index (χ1v) is 11.2. The molecule has 0 bridgehead atoms. The van der Waals surface area contributed by atoms with Gasteiger partial charge in [-0.15, -0.1) is 5.10 Å². The Balaban J connectivity index is 1.48. The third-order valence-corrected chi connectivity index (χ3v) is 6.70. The van der Waals surface area contributed by atoms with Gasteiger partial charge in [-0.2, -0.15) is 4.31 Å². The van der Waals surface area contributed by atoms with E-state index >= 15 is 0 Å². The average molecular weight is 443 g/mol. The van der Waals surface area contributed by atoms with Crippen molar-refractivity contribution in [2.24, 2.45) is 0 Å². The molecular weight excluding hydrogens is 420 g/mol. The Bertz CT molecular complexity index is 1150. The number of anilines is 1. The van der Waals surface area contributed by atoms with Gasteiger partial charge >= 0.3 is 0 Å². The van der Waals surface area contributed by atoms with Crippen molar-refractivity contribution >= 4 is 21.6 Å². The molecule has 0 spiro atoms. The fourth-order valence-corrected chi connectivity index (χ4v) is 5.05. The third kappa shape index (κ3) is 4.63. The number of hydrogen-bond acceptors (Lipinski definition) is 7. The van der Waals surface area contributed by atoms with Crippen LogP contribution in [0.15, 0.2) is 59.8 Å². The van der Waals surface area contributed by atoms with Crippen LogP contribution in [0.25, 0.3) is 5.69 Å². The van der Waals surface area contributed by atoms with Crippen molar-refractivity contribution in [3.63, 3.8) is 0 Å². The first-order chi connectivity index (χ1) is 14.8. The number of nitrogens with zero attached hydrogens (tertiary/aromatic N) is 5. The minimum Gasteiger partial charge on any atom is -0.373 e. The molecule has 1 aliphatic rings. The summed E-state index contributed by atoms with van der Waals surface area (Å²) < 4.78 is 34.4. The molecule has 1 aliphatic heterocycles. The van der Waals surface area contributed by atoms with E-state index in [1.807, 2.05) is 13.8 Å². The van der Waals surface area contributed by atoms with Crippen LogP contribution < -0.4 is 5.32 Å². The number of amides is 1. The number of morpholine rings is 1. The second kappa shape index (κ2) is 8.53. The second-order valence-corrected chi connectivity index (χ2v) is 9.30. The summed E-state index contributed by atoms with van der Waals surface area (Å²) in [6.07, 6.45) is 1.11. The largest absolute Gasteiger partial charge is 0.373 e. The van der Waals surface area contributed by atoms with Gasteiger partial charge in [-0.05, 0) is 66.7 Å². The van der Waals surface area contributed by atoms with Crippen LogP contribution in [0, 0.1) is 0 Å². The number of tetrazole rings is 1. The van der Waals surface area contributed by atoms with Crippen molar-refractivity contribution in [1.29, 1.82) is 0 Å². The van der Waals surface area contributed by atoms with Crippen molar-refractivity contribution < 1.29 is 17.9 Å². The molecule has 10 nitrogen and oxygen atoms in total. The zero-order chi connectivity index (χ0) is 22.0. The van der Waals surface area contributed by atoms with Gasteiger partial charge in [0.05, 0.1) is 22.8 Å². The maximum atomic E-state index is 13.0. The van der Waals surface area contributed by atoms with E-state index in [0.29, 0.717) is 30.0 Å². The van der Waals surface area contributed by atoms with Gasteiger partial charge in [0.2, 0.25) is 10.0 Å². The minimum absolute atomic E-state index is 0.144. The van der Waals surface area contributed by atoms with Crippen LogP contribution in [0.1, 0.15) is 24.2 Å². The average Bonchev–Trinajstić information content (AvgIpc) is 3.28. The molecule has 2 atom stereocenters. The molecule has 2 heterocycles. The molecule has 0 unspecified atom stereocenters. The second-order valence-electron chi connectivity index (χ2n) is 7.36. The summed E-state index contributed by atoms with van der Waals surface area (Å²) in [5.41, 5.74) is 1.60. The number of sulfonamides is 1. The molecule has 31 heavy (non-hydrogen) atoms. The lowest BCUT2D eigenvalue weighted by Gasteiger charge is -2.34. The first-order valence-electron chi connectivity index (χ1n) is 9.73. The zero-order valence-corrected chi connectivity index (χ0v) is 17.9. The number of rotatable bonds is 5. The highest BCUT2D eigenvalue weighted by molar-refractivity contribution is 7.89. The van der Waals surface area contributed by atoms with Crippen LogP contribution in [0.3, 0.4) is 0 Å². The maximum Gasteiger partial charge on any atom is 0.255 e. The Kier molecular flexibility index (Phi) is 5.81. The van der Waals surface area contributed by atoms with Crippen LogP contribution in [0.5, 0.6) is 0 Å². The lowest BCUT2D eigenvalue weighted by Crippen LogP contribution is -2.48. The maximum absolute atomic E-state index is 13.0. The summed E-state index contributed by atoms with van der Waals surface area (Å²) in [5, 5.41) is 13.8. The van der Waals surface area contributed by atoms with Crippen LogP contribution >= 0.6 is 0 Å². The van der Waals surface area contributed by atoms with Crippen LogP contribution in [0.2, 0.25) is 0 Å². The van der Waals surface area contributed by atoms with Crippen LogP contribution in [-0.4, -0.2) is 64.1 Å². The zero-order valence-electron chi connectivity index (χ0n) is 17.0. The van der Waals surface area contributed by atoms with Crippen molar-refractivity contribution in [3.05, 3.63) is 60.4 Å². The highest BCUT2D eigenvalue weighted by Crippen LogP contribution is 2.22. The summed E-state index contributed by atoms with van der Waals surface area (Å²) in [5.74, 6) is -0.355. The summed E-state index contributed by atoms with van der Waals surface area (Å²) in [4.78, 5) is 12.8. The Morgan fingerprint density at radius 2 is 1.81 bits per heavy atom. The van der Waals surface area contributed by atoms with E-state index in [2.05, 4.69) is 20.8 Å². The predicted molar refractivity (Wildman–Crippen MR) is 112 cm³/mol. The minimum atomic E-state index is -3.66. The molecule has 0 aliphatic carbocycles. The van der Waals surface area contributed by atoms with E-state index in [-0.39, 0.29) is 23.0 Å². The summed E-state index contributed by atoms with van der Waals surface area (Å²) in [6, 6.07) is 12.9. The Morgan fingerprint density at radius 1 is 1.10 bits per heavy atom. The van der Waals surface area contributed by atoms with Gasteiger partial charge < -0.3 is 10.1 Å². The summed E-state index contributed by atoms with van der Waals surface area (Å²) in [6.45, 7) is 4.29. The molecule has 0 radical (unpaired) electrons. The van der Waals surface area contributed by atoms with E-state index in [1.165, 1.54) is 39.6 Å². The van der Waals surface area contributed by atoms with E-state index in [9.17, 15) is 13.2 Å². The Labute approximate surface area is 179 Å². The summed E-state index contributed by atoms with van der Waals surface area (Å²) in [7, 11) is -3.66. The van der Waals surface area contributed by atoms with Gasteiger partial charge in [0.25, 0.3) is 5.91 Å². The molecule has 1 fully saturated rings. The molecule has 4 rings (SSSR count). The van der Waals surface area contributed by atoms with Crippen LogP contribution in [-0.2, 0) is 14.8 Å². The van der Waals surface area contributed by atoms with Crippen LogP contribution in [0.4, 0.5) is 5.69 Å². The highest BCUT2D eigenvalue weighted by atomic mass is 32.2. The fourth-order valence-electron chi connectivity index (χ4n) is 3.46. The van der Waals surface area contributed by atoms with Gasteiger partial charge in [-0.1, -0.05) is 6.07 Å². The molecule has 0 saturated carbocycles. The Hall–Kier alpha value is -3.15. The van der Waals surface area contributed by atoms with E-state index < -0.39 is 10.0 Å². The molecule has 2 aromatic carbocycles. The summed E-state index contributed by atoms with van der Waals surface area (Å²) >= 11 is 0. The molecule has 3 aromatic rings. The molecule has 1 N–H and O–H groups in total. The highest BCUT2D eigenvalue weighted by Gasteiger charge is 2.32. The Morgan fingerprint density at radius 3 is 2.45 bits per heavy atom. The molecule has 11 heteroatoms. The number of carbonyl (C=O) groups excluding carboxylic acids is 1. The number of benzene rings is 2. The number of hydrogen-bond donors (Lipinski definition) is 1. The number of ether oxygens (including phenoxy) is 1. The van der Waals surface area contributed by atoms with E-state index in [4.69, 9.17) is 4.74 Å². The van der Waals surface area contributed by atoms with Gasteiger partial charge in [-0.3, -0.25) is 4.79 Å². The third-order valence-electron chi connectivity index (χ3n) is 4.86. The first kappa shape index (κ1) is 21.1. The number of carbonyl (C=O) groups is 1. The SMILES string of the molecule is C[C@@H]1CN(S(=O)(=O)c2ccc(C(=O)Nc3cccc(-n4cnnn4)c3)cc2)C[C@H](C)O1.